The van der Waals surface area contributed by atoms with Gasteiger partial charge in [-0.1, -0.05) is 46.3 Å². The molecule has 5 aliphatic carbocycles. The number of rotatable bonds is 2. The molecule has 3 fully saturated rings. The van der Waals surface area contributed by atoms with E-state index in [1.54, 1.807) is 12.2 Å². The van der Waals surface area contributed by atoms with Crippen molar-refractivity contribution in [1.29, 1.82) is 5.26 Å². The van der Waals surface area contributed by atoms with Crippen LogP contribution in [0.15, 0.2) is 23.3 Å². The van der Waals surface area contributed by atoms with E-state index in [1.165, 1.54) is 6.92 Å². The zero-order chi connectivity index (χ0) is 28.3. The van der Waals surface area contributed by atoms with E-state index in [1.807, 2.05) is 13.0 Å². The lowest BCUT2D eigenvalue weighted by Gasteiger charge is -2.68. The van der Waals surface area contributed by atoms with Crippen LogP contribution in [0.1, 0.15) is 86.5 Å². The third kappa shape index (κ3) is 3.04. The number of nitriles is 1. The number of carboxylic acids is 1. The van der Waals surface area contributed by atoms with Crippen molar-refractivity contribution in [3.63, 3.8) is 0 Å². The third-order valence-electron chi connectivity index (χ3n) is 12.5. The highest BCUT2D eigenvalue weighted by atomic mass is 19.3. The van der Waals surface area contributed by atoms with Crippen molar-refractivity contribution in [1.82, 2.24) is 0 Å². The molecule has 5 rings (SSSR count). The van der Waals surface area contributed by atoms with Gasteiger partial charge in [0.05, 0.1) is 16.4 Å². The van der Waals surface area contributed by atoms with E-state index in [0.717, 1.165) is 12.0 Å². The molecule has 0 saturated heterocycles. The molecule has 0 radical (unpaired) electrons. The number of carbonyl (C=O) groups is 3. The van der Waals surface area contributed by atoms with Gasteiger partial charge in [-0.15, -0.1) is 0 Å². The number of fused-ring (bicyclic) bond motifs is 7. The molecule has 0 bridgehead atoms. The highest BCUT2D eigenvalue weighted by Gasteiger charge is 2.72. The van der Waals surface area contributed by atoms with Gasteiger partial charge in [0, 0.05) is 11.3 Å². The number of ketones is 2. The fraction of sp³-hybridized carbons (Fsp3) is 0.742. The molecule has 0 aromatic rings. The average Bonchev–Trinajstić information content (AvgIpc) is 2.82. The number of Topliss-reactive ketones (excluding diaryl/α,β-unsaturated/α-hetero) is 1. The van der Waals surface area contributed by atoms with Crippen LogP contribution in [0.2, 0.25) is 0 Å². The summed E-state index contributed by atoms with van der Waals surface area (Å²) in [6.07, 6.45) is 4.16. The van der Waals surface area contributed by atoms with Crippen LogP contribution in [-0.2, 0) is 14.4 Å². The Balaban J connectivity index is 1.72. The van der Waals surface area contributed by atoms with Crippen molar-refractivity contribution >= 4 is 17.5 Å². The first-order valence-electron chi connectivity index (χ1n) is 13.9. The van der Waals surface area contributed by atoms with Crippen molar-refractivity contribution in [2.75, 3.05) is 0 Å². The molecule has 0 unspecified atom stereocenters. The molecule has 3 saturated carbocycles. The second-order valence-electron chi connectivity index (χ2n) is 14.6. The fourth-order valence-electron chi connectivity index (χ4n) is 10.0. The highest BCUT2D eigenvalue weighted by Crippen LogP contribution is 2.74. The van der Waals surface area contributed by atoms with Gasteiger partial charge in [0.1, 0.15) is 6.07 Å². The van der Waals surface area contributed by atoms with Crippen molar-refractivity contribution in [3.05, 3.63) is 23.3 Å². The Morgan fingerprint density at radius 1 is 1.05 bits per heavy atom. The first kappa shape index (κ1) is 27.2. The van der Waals surface area contributed by atoms with Gasteiger partial charge in [0.15, 0.2) is 11.6 Å². The second kappa shape index (κ2) is 7.86. The largest absolute Gasteiger partial charge is 0.481 e. The van der Waals surface area contributed by atoms with Crippen LogP contribution < -0.4 is 0 Å². The summed E-state index contributed by atoms with van der Waals surface area (Å²) in [4.78, 5) is 40.1. The smallest absolute Gasteiger partial charge is 0.309 e. The van der Waals surface area contributed by atoms with Gasteiger partial charge in [-0.25, -0.2) is 8.78 Å². The molecule has 0 heterocycles. The second-order valence-corrected chi connectivity index (χ2v) is 14.6. The van der Waals surface area contributed by atoms with Crippen LogP contribution in [-0.4, -0.2) is 29.1 Å². The number of carboxylic acid groups (broad SMARTS) is 1. The van der Waals surface area contributed by atoms with Crippen molar-refractivity contribution < 1.29 is 28.3 Å². The Morgan fingerprint density at radius 3 is 2.26 bits per heavy atom. The van der Waals surface area contributed by atoms with Crippen molar-refractivity contribution in [3.8, 4) is 6.07 Å². The number of carbonyl (C=O) groups excluding carboxylic acids is 2. The summed E-state index contributed by atoms with van der Waals surface area (Å²) in [5, 5.41) is 20.2. The molecule has 38 heavy (non-hydrogen) atoms. The van der Waals surface area contributed by atoms with E-state index < -0.39 is 57.1 Å². The van der Waals surface area contributed by atoms with Gasteiger partial charge >= 0.3 is 5.97 Å². The van der Waals surface area contributed by atoms with E-state index in [-0.39, 0.29) is 22.7 Å². The summed E-state index contributed by atoms with van der Waals surface area (Å²) < 4.78 is 29.2. The fourth-order valence-corrected chi connectivity index (χ4v) is 10.0. The molecule has 1 N–H and O–H groups in total. The van der Waals surface area contributed by atoms with Crippen molar-refractivity contribution in [2.45, 2.75) is 92.9 Å². The topological polar surface area (TPSA) is 95.2 Å². The Kier molecular flexibility index (Phi) is 5.63. The SMILES string of the molecule is CC1(C)CC[C@]2(C(=O)O)CC[C@]3(C)[C@H](C(=O)C=C4[C@@]5(C)C=C(C#N)C(=O)[C@@](C)(C(F)F)[C@@H]5CC[C@]43C)[C@@H]2C1. The Bertz CT molecular complexity index is 1240. The van der Waals surface area contributed by atoms with E-state index in [4.69, 9.17) is 0 Å². The van der Waals surface area contributed by atoms with Crippen LogP contribution in [0.3, 0.4) is 0 Å². The predicted molar refractivity (Wildman–Crippen MR) is 137 cm³/mol. The number of aliphatic carboxylic acids is 1. The Morgan fingerprint density at radius 2 is 1.68 bits per heavy atom. The summed E-state index contributed by atoms with van der Waals surface area (Å²) >= 11 is 0. The maximum absolute atomic E-state index is 14.6. The molecule has 5 nitrogen and oxygen atoms in total. The lowest BCUT2D eigenvalue weighted by atomic mass is 9.34. The summed E-state index contributed by atoms with van der Waals surface area (Å²) in [7, 11) is 0. The van der Waals surface area contributed by atoms with Gasteiger partial charge < -0.3 is 5.11 Å². The lowest BCUT2D eigenvalue weighted by molar-refractivity contribution is -0.190. The van der Waals surface area contributed by atoms with Gasteiger partial charge in [0.25, 0.3) is 6.43 Å². The maximum atomic E-state index is 14.6. The van der Waals surface area contributed by atoms with Crippen molar-refractivity contribution in [2.24, 2.45) is 50.2 Å². The average molecular weight is 528 g/mol. The van der Waals surface area contributed by atoms with Crippen LogP contribution in [0, 0.1) is 61.6 Å². The van der Waals surface area contributed by atoms with Crippen LogP contribution >= 0.6 is 0 Å². The number of alkyl halides is 2. The molecule has 8 atom stereocenters. The van der Waals surface area contributed by atoms with E-state index in [2.05, 4.69) is 27.7 Å². The molecule has 0 aromatic carbocycles. The minimum absolute atomic E-state index is 0.0794. The van der Waals surface area contributed by atoms with Crippen LogP contribution in [0.5, 0.6) is 0 Å². The van der Waals surface area contributed by atoms with Gasteiger partial charge in [0.2, 0.25) is 0 Å². The maximum Gasteiger partial charge on any atom is 0.309 e. The third-order valence-corrected chi connectivity index (χ3v) is 12.5. The van der Waals surface area contributed by atoms with E-state index >= 15 is 0 Å². The highest BCUT2D eigenvalue weighted by molar-refractivity contribution is 6.05. The molecule has 206 valence electrons. The molecule has 5 aliphatic rings. The Hall–Kier alpha value is -2.36. The Labute approximate surface area is 223 Å². The normalized spacial score (nSPS) is 47.5. The number of hydrogen-bond acceptors (Lipinski definition) is 4. The first-order chi connectivity index (χ1) is 17.4. The zero-order valence-electron chi connectivity index (χ0n) is 23.3. The molecule has 0 aliphatic heterocycles. The lowest BCUT2D eigenvalue weighted by Crippen LogP contribution is -2.66. The standard InChI is InChI=1S/C31H39F2NO4/c1-26(2)9-11-31(25(37)38)12-10-29(5)22(18(31)15-26)19(35)13-21-27(3)14-17(16-34)23(36)30(6,24(32)33)20(27)7-8-28(21,29)4/h13-14,18,20,22,24H,7-12,15H2,1-6H3,(H,37,38)/t18-,20+,22-,27-,28+,29+,30-,31-/m0/s1. The van der Waals surface area contributed by atoms with Crippen LogP contribution in [0.4, 0.5) is 8.78 Å². The minimum atomic E-state index is -2.95. The minimum Gasteiger partial charge on any atom is -0.481 e. The molecule has 0 aromatic heterocycles. The monoisotopic (exact) mass is 527 g/mol. The van der Waals surface area contributed by atoms with Gasteiger partial charge in [-0.3, -0.25) is 14.4 Å². The molecule has 0 spiro atoms. The first-order valence-corrected chi connectivity index (χ1v) is 13.9. The zero-order valence-corrected chi connectivity index (χ0v) is 23.3. The summed E-state index contributed by atoms with van der Waals surface area (Å²) in [6, 6.07) is 1.87. The summed E-state index contributed by atoms with van der Waals surface area (Å²) in [6.45, 7) is 11.6. The number of hydrogen-bond donors (Lipinski definition) is 1. The van der Waals surface area contributed by atoms with E-state index in [9.17, 15) is 33.5 Å². The molecule has 0 amide bonds. The molecular formula is C31H39F2NO4. The van der Waals surface area contributed by atoms with Gasteiger partial charge in [-0.05, 0) is 86.0 Å². The number of allylic oxidation sites excluding steroid dienone is 4. The number of nitrogens with zero attached hydrogens (tertiary/aromatic N) is 1. The van der Waals surface area contributed by atoms with Crippen LogP contribution in [0.25, 0.3) is 0 Å². The predicted octanol–water partition coefficient (Wildman–Crippen LogP) is 6.54. The van der Waals surface area contributed by atoms with Gasteiger partial charge in [-0.2, -0.15) is 5.26 Å². The number of halogens is 2. The molecule has 7 heteroatoms. The molecular weight excluding hydrogens is 488 g/mol. The summed E-state index contributed by atoms with van der Waals surface area (Å²) in [5.74, 6) is -3.30. The summed E-state index contributed by atoms with van der Waals surface area (Å²) in [5.41, 5.74) is -4.76. The quantitative estimate of drug-likeness (QED) is 0.440. The van der Waals surface area contributed by atoms with E-state index in [0.29, 0.717) is 38.5 Å².